The Morgan fingerprint density at radius 1 is 1.07 bits per heavy atom. The molecule has 8 heteroatoms. The molecule has 6 nitrogen and oxygen atoms in total. The van der Waals surface area contributed by atoms with Crippen LogP contribution >= 0.6 is 22.9 Å². The first kappa shape index (κ1) is 17.6. The van der Waals surface area contributed by atoms with E-state index in [1.165, 1.54) is 6.33 Å². The van der Waals surface area contributed by atoms with Crippen molar-refractivity contribution in [2.24, 2.45) is 0 Å². The first-order valence-electron chi connectivity index (χ1n) is 8.38. The molecular formula is C19H17ClN6S. The fraction of sp³-hybridized carbons (Fsp3) is 0.158. The number of pyridine rings is 1. The van der Waals surface area contributed by atoms with Crippen molar-refractivity contribution in [3.63, 3.8) is 0 Å². The zero-order valence-electron chi connectivity index (χ0n) is 14.8. The first-order valence-corrected chi connectivity index (χ1v) is 9.58. The number of hydrogen-bond acceptors (Lipinski definition) is 7. The van der Waals surface area contributed by atoms with Gasteiger partial charge in [0.05, 0.1) is 17.1 Å². The Hall–Kier alpha value is -2.77. The number of halogens is 1. The number of aromatic nitrogens is 4. The zero-order valence-corrected chi connectivity index (χ0v) is 16.3. The van der Waals surface area contributed by atoms with Gasteiger partial charge in [0.25, 0.3) is 0 Å². The molecule has 27 heavy (non-hydrogen) atoms. The average Bonchev–Trinajstić information content (AvgIpc) is 3.04. The van der Waals surface area contributed by atoms with E-state index in [1.807, 2.05) is 30.3 Å². The van der Waals surface area contributed by atoms with Crippen molar-refractivity contribution in [2.75, 3.05) is 11.1 Å². The molecular weight excluding hydrogens is 380 g/mol. The summed E-state index contributed by atoms with van der Waals surface area (Å²) in [4.78, 5) is 18.8. The Morgan fingerprint density at radius 3 is 2.63 bits per heavy atom. The summed E-state index contributed by atoms with van der Waals surface area (Å²) in [6.07, 6.45) is 1.48. The predicted molar refractivity (Wildman–Crippen MR) is 111 cm³/mol. The van der Waals surface area contributed by atoms with Gasteiger partial charge in [0.1, 0.15) is 23.0 Å². The van der Waals surface area contributed by atoms with Crippen LogP contribution in [0.4, 0.5) is 11.6 Å². The van der Waals surface area contributed by atoms with E-state index in [-0.39, 0.29) is 6.04 Å². The van der Waals surface area contributed by atoms with Gasteiger partial charge in [-0.05, 0) is 38.1 Å². The molecule has 3 aromatic heterocycles. The molecule has 0 saturated heterocycles. The Bertz CT molecular complexity index is 1110. The smallest absolute Gasteiger partial charge is 0.166 e. The second kappa shape index (κ2) is 7.09. The van der Waals surface area contributed by atoms with E-state index >= 15 is 0 Å². The molecule has 0 radical (unpaired) electrons. The van der Waals surface area contributed by atoms with Gasteiger partial charge in [-0.15, -0.1) is 11.3 Å². The van der Waals surface area contributed by atoms with Crippen molar-refractivity contribution in [1.29, 1.82) is 0 Å². The van der Waals surface area contributed by atoms with Crippen molar-refractivity contribution in [3.05, 3.63) is 57.6 Å². The van der Waals surface area contributed by atoms with Crippen LogP contribution in [-0.2, 0) is 0 Å². The van der Waals surface area contributed by atoms with Crippen LogP contribution < -0.4 is 11.1 Å². The third-order valence-electron chi connectivity index (χ3n) is 4.17. The summed E-state index contributed by atoms with van der Waals surface area (Å²) in [5, 5.41) is 5.93. The normalized spacial score (nSPS) is 12.3. The number of thiazole rings is 1. The molecule has 3 N–H and O–H groups in total. The Morgan fingerprint density at radius 2 is 1.85 bits per heavy atom. The summed E-state index contributed by atoms with van der Waals surface area (Å²) < 4.78 is 0. The molecule has 1 aromatic carbocycles. The highest BCUT2D eigenvalue weighted by atomic mass is 35.5. The van der Waals surface area contributed by atoms with Crippen LogP contribution in [0.5, 0.6) is 0 Å². The summed E-state index contributed by atoms with van der Waals surface area (Å²) in [5.74, 6) is 1.14. The molecule has 3 heterocycles. The largest absolute Gasteiger partial charge is 0.384 e. The van der Waals surface area contributed by atoms with Gasteiger partial charge in [-0.25, -0.2) is 19.9 Å². The summed E-state index contributed by atoms with van der Waals surface area (Å²) in [7, 11) is 0. The number of anilines is 2. The third kappa shape index (κ3) is 3.56. The molecule has 0 bridgehead atoms. The minimum Gasteiger partial charge on any atom is -0.384 e. The lowest BCUT2D eigenvalue weighted by atomic mass is 10.1. The van der Waals surface area contributed by atoms with Crippen molar-refractivity contribution < 1.29 is 0 Å². The molecule has 0 amide bonds. The van der Waals surface area contributed by atoms with Crippen LogP contribution in [0.2, 0.25) is 5.02 Å². The quantitative estimate of drug-likeness (QED) is 0.511. The lowest BCUT2D eigenvalue weighted by Crippen LogP contribution is -2.09. The van der Waals surface area contributed by atoms with Gasteiger partial charge in [-0.1, -0.05) is 23.7 Å². The monoisotopic (exact) mass is 396 g/mol. The van der Waals surface area contributed by atoms with Crippen molar-refractivity contribution in [3.8, 4) is 11.3 Å². The van der Waals surface area contributed by atoms with Crippen LogP contribution in [0, 0.1) is 6.92 Å². The van der Waals surface area contributed by atoms with E-state index in [0.717, 1.165) is 26.5 Å². The van der Waals surface area contributed by atoms with Crippen molar-refractivity contribution in [2.45, 2.75) is 19.9 Å². The molecule has 4 rings (SSSR count). The maximum Gasteiger partial charge on any atom is 0.166 e. The van der Waals surface area contributed by atoms with Gasteiger partial charge in [0, 0.05) is 15.5 Å². The molecule has 1 atom stereocenters. The first-order chi connectivity index (χ1) is 13.0. The van der Waals surface area contributed by atoms with Crippen LogP contribution in [-0.4, -0.2) is 19.9 Å². The summed E-state index contributed by atoms with van der Waals surface area (Å²) in [6.45, 7) is 4.13. The fourth-order valence-electron chi connectivity index (χ4n) is 2.82. The fourth-order valence-corrected chi connectivity index (χ4v) is 3.89. The highest BCUT2D eigenvalue weighted by Gasteiger charge is 2.16. The van der Waals surface area contributed by atoms with Crippen LogP contribution in [0.3, 0.4) is 0 Å². The maximum absolute atomic E-state index is 5.99. The SMILES string of the molecule is Cc1sc(C(C)Nc2ncnc3nc(N)ccc23)nc1-c1ccc(Cl)cc1. The number of nitrogens with two attached hydrogens (primary N) is 1. The third-order valence-corrected chi connectivity index (χ3v) is 5.58. The van der Waals surface area contributed by atoms with Gasteiger partial charge >= 0.3 is 0 Å². The van der Waals surface area contributed by atoms with Crippen LogP contribution in [0.15, 0.2) is 42.7 Å². The molecule has 1 unspecified atom stereocenters. The van der Waals surface area contributed by atoms with E-state index < -0.39 is 0 Å². The number of nitrogens with one attached hydrogen (secondary N) is 1. The minimum atomic E-state index is -0.0228. The Labute approximate surface area is 165 Å². The van der Waals surface area contributed by atoms with Crippen molar-refractivity contribution in [1.82, 2.24) is 19.9 Å². The molecule has 0 fully saturated rings. The van der Waals surface area contributed by atoms with Gasteiger partial charge in [-0.3, -0.25) is 0 Å². The van der Waals surface area contributed by atoms with Gasteiger partial charge in [-0.2, -0.15) is 0 Å². The molecule has 0 aliphatic rings. The number of benzene rings is 1. The van der Waals surface area contributed by atoms with Crippen LogP contribution in [0.1, 0.15) is 22.9 Å². The number of fused-ring (bicyclic) bond motifs is 1. The van der Waals surface area contributed by atoms with Crippen molar-refractivity contribution >= 4 is 45.6 Å². The average molecular weight is 397 g/mol. The van der Waals surface area contributed by atoms with E-state index in [2.05, 4.69) is 34.1 Å². The van der Waals surface area contributed by atoms with Gasteiger partial charge in [0.15, 0.2) is 5.65 Å². The molecule has 0 aliphatic heterocycles. The Balaban J connectivity index is 1.63. The highest BCUT2D eigenvalue weighted by Crippen LogP contribution is 2.32. The van der Waals surface area contributed by atoms with Gasteiger partial charge < -0.3 is 11.1 Å². The predicted octanol–water partition coefficient (Wildman–Crippen LogP) is 4.87. The summed E-state index contributed by atoms with van der Waals surface area (Å²) in [6, 6.07) is 11.3. The molecule has 4 aromatic rings. The van der Waals surface area contributed by atoms with E-state index in [1.54, 1.807) is 17.4 Å². The summed E-state index contributed by atoms with van der Waals surface area (Å²) >= 11 is 7.65. The zero-order chi connectivity index (χ0) is 19.0. The molecule has 0 saturated carbocycles. The van der Waals surface area contributed by atoms with E-state index in [9.17, 15) is 0 Å². The highest BCUT2D eigenvalue weighted by molar-refractivity contribution is 7.12. The topological polar surface area (TPSA) is 89.6 Å². The van der Waals surface area contributed by atoms with Crippen LogP contribution in [0.25, 0.3) is 22.3 Å². The Kier molecular flexibility index (Phi) is 4.63. The lowest BCUT2D eigenvalue weighted by molar-refractivity contribution is 0.862. The van der Waals surface area contributed by atoms with E-state index in [0.29, 0.717) is 22.3 Å². The maximum atomic E-state index is 5.99. The lowest BCUT2D eigenvalue weighted by Gasteiger charge is -2.13. The second-order valence-electron chi connectivity index (χ2n) is 6.16. The number of nitrogen functional groups attached to an aromatic ring is 1. The second-order valence-corrected chi connectivity index (χ2v) is 7.83. The number of nitrogens with zero attached hydrogens (tertiary/aromatic N) is 4. The minimum absolute atomic E-state index is 0.0228. The van der Waals surface area contributed by atoms with E-state index in [4.69, 9.17) is 22.3 Å². The molecule has 0 spiro atoms. The molecule has 136 valence electrons. The number of hydrogen-bond donors (Lipinski definition) is 2. The number of rotatable bonds is 4. The summed E-state index contributed by atoms with van der Waals surface area (Å²) in [5.41, 5.74) is 8.34. The standard InChI is InChI=1S/C19H17ClN6S/c1-10(24-17-14-7-8-15(21)25-18(14)23-9-22-17)19-26-16(11(2)27-19)12-3-5-13(20)6-4-12/h3-10H,1-2H3,(H3,21,22,23,24,25). The molecule has 0 aliphatic carbocycles. The van der Waals surface area contributed by atoms with Gasteiger partial charge in [0.2, 0.25) is 0 Å². The number of aryl methyl sites for hydroxylation is 1.